The monoisotopic (exact) mass is 381 g/mol. The molecule has 3 atom stereocenters. The molecule has 4 rings (SSSR count). The van der Waals surface area contributed by atoms with Gasteiger partial charge in [-0.2, -0.15) is 5.26 Å². The molecule has 1 heterocycles. The number of nitrogens with two attached hydrogens (primary N) is 1. The summed E-state index contributed by atoms with van der Waals surface area (Å²) in [6.07, 6.45) is 4.22. The van der Waals surface area contributed by atoms with Crippen LogP contribution < -0.4 is 10.5 Å². The van der Waals surface area contributed by atoms with Gasteiger partial charge in [0.2, 0.25) is 0 Å². The molecule has 0 saturated carbocycles. The fraction of sp³-hybridized carbons (Fsp3) is 0.409. The van der Waals surface area contributed by atoms with Crippen molar-refractivity contribution in [2.24, 2.45) is 5.73 Å². The molecule has 2 N–H and O–H groups in total. The molecule has 2 aromatic carbocycles. The molecular formula is C22H24ClN3O. The van der Waals surface area contributed by atoms with Crippen LogP contribution in [0.2, 0.25) is 5.02 Å². The van der Waals surface area contributed by atoms with Crippen molar-refractivity contribution < 1.29 is 4.74 Å². The van der Waals surface area contributed by atoms with Crippen molar-refractivity contribution in [3.63, 3.8) is 0 Å². The Bertz CT molecular complexity index is 863. The summed E-state index contributed by atoms with van der Waals surface area (Å²) in [6, 6.07) is 16.3. The van der Waals surface area contributed by atoms with Crippen LogP contribution in [0.1, 0.15) is 42.1 Å². The number of nitriles is 1. The first kappa shape index (κ1) is 18.3. The predicted octanol–water partition coefficient (Wildman–Crippen LogP) is 4.07. The van der Waals surface area contributed by atoms with E-state index in [0.29, 0.717) is 16.3 Å². The van der Waals surface area contributed by atoms with Gasteiger partial charge in [-0.05, 0) is 61.6 Å². The average Bonchev–Trinajstić information content (AvgIpc) is 2.69. The SMILES string of the molecule is N#Cc1ccc(O[C@H]2c3ccccc3CC[C@@H]2N2CCC[C@H](N)C2)c(Cl)c1. The molecule has 0 amide bonds. The smallest absolute Gasteiger partial charge is 0.139 e. The number of aryl methyl sites for hydroxylation is 1. The lowest BCUT2D eigenvalue weighted by atomic mass is 9.84. The number of piperidine rings is 1. The Morgan fingerprint density at radius 3 is 2.81 bits per heavy atom. The van der Waals surface area contributed by atoms with Gasteiger partial charge in [-0.3, -0.25) is 4.90 Å². The van der Waals surface area contributed by atoms with Crippen LogP contribution >= 0.6 is 11.6 Å². The van der Waals surface area contributed by atoms with Crippen molar-refractivity contribution in [3.8, 4) is 11.8 Å². The van der Waals surface area contributed by atoms with E-state index in [1.54, 1.807) is 18.2 Å². The van der Waals surface area contributed by atoms with E-state index < -0.39 is 0 Å². The molecule has 1 aliphatic carbocycles. The maximum atomic E-state index is 9.07. The standard InChI is InChI=1S/C22H24ClN3O/c23-19-12-15(13-24)7-10-21(19)27-22-18-6-2-1-4-16(18)8-9-20(22)26-11-3-5-17(25)14-26/h1-2,4,6-7,10,12,17,20,22H,3,5,8-9,11,14,25H2/t17-,20-,22-/m0/s1. The number of benzene rings is 2. The van der Waals surface area contributed by atoms with E-state index in [0.717, 1.165) is 38.8 Å². The van der Waals surface area contributed by atoms with E-state index in [4.69, 9.17) is 27.3 Å². The summed E-state index contributed by atoms with van der Waals surface area (Å²) in [5, 5.41) is 9.55. The van der Waals surface area contributed by atoms with Crippen molar-refractivity contribution in [1.82, 2.24) is 4.90 Å². The van der Waals surface area contributed by atoms with Crippen LogP contribution in [-0.2, 0) is 6.42 Å². The summed E-state index contributed by atoms with van der Waals surface area (Å²) >= 11 is 6.40. The second kappa shape index (κ2) is 7.90. The van der Waals surface area contributed by atoms with Crippen LogP contribution in [0.4, 0.5) is 0 Å². The number of hydrogen-bond donors (Lipinski definition) is 1. The van der Waals surface area contributed by atoms with Gasteiger partial charge in [0.05, 0.1) is 22.7 Å². The number of likely N-dealkylation sites (tertiary alicyclic amines) is 1. The third-order valence-electron chi connectivity index (χ3n) is 5.69. The van der Waals surface area contributed by atoms with Gasteiger partial charge in [0.1, 0.15) is 11.9 Å². The Morgan fingerprint density at radius 1 is 1.19 bits per heavy atom. The zero-order valence-corrected chi connectivity index (χ0v) is 16.0. The molecule has 1 saturated heterocycles. The number of nitrogens with zero attached hydrogens (tertiary/aromatic N) is 2. The number of rotatable bonds is 3. The Labute approximate surface area is 165 Å². The lowest BCUT2D eigenvalue weighted by molar-refractivity contribution is 0.0368. The topological polar surface area (TPSA) is 62.3 Å². The molecule has 0 unspecified atom stereocenters. The number of halogens is 1. The van der Waals surface area contributed by atoms with E-state index in [1.807, 2.05) is 0 Å². The first-order valence-corrected chi connectivity index (χ1v) is 9.97. The third kappa shape index (κ3) is 3.82. The van der Waals surface area contributed by atoms with Gasteiger partial charge < -0.3 is 10.5 Å². The van der Waals surface area contributed by atoms with Crippen molar-refractivity contribution in [1.29, 1.82) is 5.26 Å². The molecule has 1 aliphatic heterocycles. The summed E-state index contributed by atoms with van der Waals surface area (Å²) < 4.78 is 6.49. The molecule has 0 aromatic heterocycles. The highest BCUT2D eigenvalue weighted by molar-refractivity contribution is 6.32. The minimum atomic E-state index is -0.0920. The fourth-order valence-electron chi connectivity index (χ4n) is 4.36. The van der Waals surface area contributed by atoms with E-state index in [1.165, 1.54) is 11.1 Å². The number of ether oxygens (including phenoxy) is 1. The van der Waals surface area contributed by atoms with Crippen LogP contribution in [0.15, 0.2) is 42.5 Å². The van der Waals surface area contributed by atoms with Crippen molar-refractivity contribution in [3.05, 3.63) is 64.2 Å². The van der Waals surface area contributed by atoms with Crippen LogP contribution in [0.5, 0.6) is 5.75 Å². The quantitative estimate of drug-likeness (QED) is 0.870. The van der Waals surface area contributed by atoms with Gasteiger partial charge in [0.25, 0.3) is 0 Å². The molecule has 2 aliphatic rings. The summed E-state index contributed by atoms with van der Waals surface area (Å²) in [7, 11) is 0. The van der Waals surface area contributed by atoms with E-state index >= 15 is 0 Å². The zero-order valence-electron chi connectivity index (χ0n) is 15.3. The van der Waals surface area contributed by atoms with Gasteiger partial charge in [-0.25, -0.2) is 0 Å². The molecule has 27 heavy (non-hydrogen) atoms. The summed E-state index contributed by atoms with van der Waals surface area (Å²) in [5.41, 5.74) is 9.35. The average molecular weight is 382 g/mol. The van der Waals surface area contributed by atoms with E-state index in [-0.39, 0.29) is 18.2 Å². The minimum absolute atomic E-state index is 0.0920. The third-order valence-corrected chi connectivity index (χ3v) is 5.99. The minimum Gasteiger partial charge on any atom is -0.483 e. The molecule has 5 heteroatoms. The predicted molar refractivity (Wildman–Crippen MR) is 107 cm³/mol. The highest BCUT2D eigenvalue weighted by Gasteiger charge is 2.37. The van der Waals surface area contributed by atoms with Gasteiger partial charge in [-0.1, -0.05) is 35.9 Å². The Kier molecular flexibility index (Phi) is 5.36. The largest absolute Gasteiger partial charge is 0.483 e. The maximum absolute atomic E-state index is 9.07. The second-order valence-electron chi connectivity index (χ2n) is 7.50. The molecule has 1 fully saturated rings. The lowest BCUT2D eigenvalue weighted by Crippen LogP contribution is -2.51. The Morgan fingerprint density at radius 2 is 2.04 bits per heavy atom. The van der Waals surface area contributed by atoms with Crippen molar-refractivity contribution in [2.45, 2.75) is 43.9 Å². The normalized spacial score (nSPS) is 25.4. The molecule has 0 radical (unpaired) electrons. The first-order valence-electron chi connectivity index (χ1n) is 9.59. The molecule has 0 bridgehead atoms. The van der Waals surface area contributed by atoms with Crippen LogP contribution in [0.3, 0.4) is 0 Å². The van der Waals surface area contributed by atoms with E-state index in [9.17, 15) is 0 Å². The molecule has 4 nitrogen and oxygen atoms in total. The number of hydrogen-bond acceptors (Lipinski definition) is 4. The van der Waals surface area contributed by atoms with Crippen molar-refractivity contribution >= 4 is 11.6 Å². The summed E-state index contributed by atoms with van der Waals surface area (Å²) in [6.45, 7) is 1.97. The molecule has 0 spiro atoms. The zero-order chi connectivity index (χ0) is 18.8. The highest BCUT2D eigenvalue weighted by Crippen LogP contribution is 2.39. The molecule has 140 valence electrons. The van der Waals surface area contributed by atoms with Crippen molar-refractivity contribution in [2.75, 3.05) is 13.1 Å². The van der Waals surface area contributed by atoms with Crippen LogP contribution in [-0.4, -0.2) is 30.1 Å². The first-order chi connectivity index (χ1) is 13.2. The van der Waals surface area contributed by atoms with E-state index in [2.05, 4.69) is 35.2 Å². The molecule has 2 aromatic rings. The number of fused-ring (bicyclic) bond motifs is 1. The van der Waals surface area contributed by atoms with Crippen LogP contribution in [0.25, 0.3) is 0 Å². The highest BCUT2D eigenvalue weighted by atomic mass is 35.5. The Balaban J connectivity index is 1.67. The second-order valence-corrected chi connectivity index (χ2v) is 7.90. The summed E-state index contributed by atoms with van der Waals surface area (Å²) in [4.78, 5) is 2.49. The van der Waals surface area contributed by atoms with Gasteiger partial charge >= 0.3 is 0 Å². The van der Waals surface area contributed by atoms with Gasteiger partial charge in [0, 0.05) is 12.6 Å². The van der Waals surface area contributed by atoms with Gasteiger partial charge in [0.15, 0.2) is 0 Å². The fourth-order valence-corrected chi connectivity index (χ4v) is 4.59. The Hall–Kier alpha value is -2.06. The lowest BCUT2D eigenvalue weighted by Gasteiger charge is -2.43. The molecular weight excluding hydrogens is 358 g/mol. The van der Waals surface area contributed by atoms with Crippen LogP contribution in [0, 0.1) is 11.3 Å². The van der Waals surface area contributed by atoms with Gasteiger partial charge in [-0.15, -0.1) is 0 Å². The summed E-state index contributed by atoms with van der Waals surface area (Å²) in [5.74, 6) is 0.628. The maximum Gasteiger partial charge on any atom is 0.139 e.